The van der Waals surface area contributed by atoms with Gasteiger partial charge in [0, 0.05) is 16.7 Å². The number of phenols is 2. The topological polar surface area (TPSA) is 113 Å². The summed E-state index contributed by atoms with van der Waals surface area (Å²) in [7, 11) is 2.61. The van der Waals surface area contributed by atoms with Gasteiger partial charge in [-0.15, -0.1) is 0 Å². The van der Waals surface area contributed by atoms with Gasteiger partial charge >= 0.3 is 0 Å². The van der Waals surface area contributed by atoms with Crippen molar-refractivity contribution in [2.24, 2.45) is 0 Å². The van der Waals surface area contributed by atoms with Gasteiger partial charge < -0.3 is 24.8 Å². The van der Waals surface area contributed by atoms with E-state index in [1.165, 1.54) is 44.6 Å². The van der Waals surface area contributed by atoms with Crippen molar-refractivity contribution in [1.29, 1.82) is 0 Å². The molecule has 7 heteroatoms. The Hall–Kier alpha value is -3.06. The van der Waals surface area contributed by atoms with Gasteiger partial charge in [-0.3, -0.25) is 9.59 Å². The molecule has 0 spiro atoms. The summed E-state index contributed by atoms with van der Waals surface area (Å²) in [6, 6.07) is 6.22. The van der Waals surface area contributed by atoms with Crippen LogP contribution in [0, 0.1) is 0 Å². The molecule has 24 heavy (non-hydrogen) atoms. The summed E-state index contributed by atoms with van der Waals surface area (Å²) in [5, 5.41) is 28.6. The van der Waals surface area contributed by atoms with Crippen molar-refractivity contribution in [2.45, 2.75) is 6.61 Å². The Morgan fingerprint density at radius 1 is 0.917 bits per heavy atom. The molecule has 0 aliphatic carbocycles. The number of benzene rings is 2. The summed E-state index contributed by atoms with van der Waals surface area (Å²) in [6.45, 7) is -0.523. The smallest absolute Gasteiger partial charge is 0.233 e. The molecule has 0 atom stereocenters. The summed E-state index contributed by atoms with van der Waals surface area (Å²) in [4.78, 5) is 24.8. The van der Waals surface area contributed by atoms with Crippen molar-refractivity contribution < 1.29 is 34.4 Å². The highest BCUT2D eigenvalue weighted by molar-refractivity contribution is 6.49. The van der Waals surface area contributed by atoms with Crippen LogP contribution < -0.4 is 9.47 Å². The van der Waals surface area contributed by atoms with Crippen molar-refractivity contribution in [3.63, 3.8) is 0 Å². The van der Waals surface area contributed by atoms with Crippen molar-refractivity contribution in [2.75, 3.05) is 14.2 Å². The van der Waals surface area contributed by atoms with E-state index in [1.54, 1.807) is 0 Å². The van der Waals surface area contributed by atoms with E-state index in [0.29, 0.717) is 0 Å². The summed E-state index contributed by atoms with van der Waals surface area (Å²) < 4.78 is 9.85. The highest BCUT2D eigenvalue weighted by atomic mass is 16.5. The second-order valence-electron chi connectivity index (χ2n) is 4.89. The molecule has 0 fully saturated rings. The lowest BCUT2D eigenvalue weighted by molar-refractivity contribution is 0.0816. The fourth-order valence-electron chi connectivity index (χ4n) is 2.15. The first kappa shape index (κ1) is 17.3. The van der Waals surface area contributed by atoms with E-state index in [0.717, 1.165) is 0 Å². The molecule has 0 radical (unpaired) electrons. The number of carbonyl (C=O) groups is 2. The number of hydrogen-bond acceptors (Lipinski definition) is 7. The Morgan fingerprint density at radius 2 is 1.50 bits per heavy atom. The van der Waals surface area contributed by atoms with Gasteiger partial charge in [0.25, 0.3) is 0 Å². The maximum absolute atomic E-state index is 12.4. The average molecular weight is 332 g/mol. The quantitative estimate of drug-likeness (QED) is 0.545. The minimum atomic E-state index is -0.851. The van der Waals surface area contributed by atoms with Crippen LogP contribution in [0.3, 0.4) is 0 Å². The van der Waals surface area contributed by atoms with E-state index in [4.69, 9.17) is 9.47 Å². The predicted molar refractivity (Wildman–Crippen MR) is 83.9 cm³/mol. The number of ketones is 2. The zero-order chi connectivity index (χ0) is 17.9. The minimum absolute atomic E-state index is 0.0269. The minimum Gasteiger partial charge on any atom is -0.504 e. The fraction of sp³-hybridized carbons (Fsp3) is 0.176. The van der Waals surface area contributed by atoms with E-state index < -0.39 is 18.2 Å². The van der Waals surface area contributed by atoms with Crippen molar-refractivity contribution in [3.8, 4) is 23.0 Å². The third-order valence-electron chi connectivity index (χ3n) is 3.45. The monoisotopic (exact) mass is 332 g/mol. The first-order valence-corrected chi connectivity index (χ1v) is 6.89. The predicted octanol–water partition coefficient (Wildman–Crippen LogP) is 1.67. The molecule has 126 valence electrons. The van der Waals surface area contributed by atoms with Gasteiger partial charge in [-0.05, 0) is 30.3 Å². The standard InChI is InChI=1S/C17H16O7/c1-23-13-6-9(3-4-12(13)19)16(21)17(22)10-5-11(8-18)15(20)14(7-10)24-2/h3-7,18-20H,8H2,1-2H3. The average Bonchev–Trinajstić information content (AvgIpc) is 2.61. The van der Waals surface area contributed by atoms with Crippen molar-refractivity contribution in [1.82, 2.24) is 0 Å². The highest BCUT2D eigenvalue weighted by Crippen LogP contribution is 2.32. The molecular formula is C17H16O7. The molecule has 0 saturated carbocycles. The van der Waals surface area contributed by atoms with Gasteiger partial charge in [-0.25, -0.2) is 0 Å². The highest BCUT2D eigenvalue weighted by Gasteiger charge is 2.22. The van der Waals surface area contributed by atoms with Crippen LogP contribution >= 0.6 is 0 Å². The molecule has 0 unspecified atom stereocenters. The third kappa shape index (κ3) is 3.16. The van der Waals surface area contributed by atoms with E-state index in [1.807, 2.05) is 0 Å². The molecule has 0 amide bonds. The Morgan fingerprint density at radius 3 is 2.08 bits per heavy atom. The van der Waals surface area contributed by atoms with Crippen LogP contribution in [0.1, 0.15) is 26.3 Å². The normalized spacial score (nSPS) is 10.3. The van der Waals surface area contributed by atoms with E-state index in [9.17, 15) is 24.9 Å². The molecule has 0 saturated heterocycles. The maximum atomic E-state index is 12.4. The molecule has 0 heterocycles. The zero-order valence-corrected chi connectivity index (χ0v) is 13.1. The molecule has 2 aromatic rings. The maximum Gasteiger partial charge on any atom is 0.233 e. The molecule has 7 nitrogen and oxygen atoms in total. The number of aromatic hydroxyl groups is 2. The van der Waals surface area contributed by atoms with Gasteiger partial charge in [-0.1, -0.05) is 0 Å². The van der Waals surface area contributed by atoms with Gasteiger partial charge in [0.15, 0.2) is 23.0 Å². The third-order valence-corrected chi connectivity index (χ3v) is 3.45. The van der Waals surface area contributed by atoms with Crippen LogP contribution in [-0.2, 0) is 6.61 Å². The Bertz CT molecular complexity index is 771. The lowest BCUT2D eigenvalue weighted by Gasteiger charge is -2.10. The number of carbonyl (C=O) groups excluding carboxylic acids is 2. The molecule has 0 bridgehead atoms. The van der Waals surface area contributed by atoms with Gasteiger partial charge in [0.1, 0.15) is 0 Å². The van der Waals surface area contributed by atoms with Crippen molar-refractivity contribution in [3.05, 3.63) is 47.0 Å². The van der Waals surface area contributed by atoms with Gasteiger partial charge in [0.2, 0.25) is 11.6 Å². The Balaban J connectivity index is 2.43. The summed E-state index contributed by atoms with van der Waals surface area (Å²) in [6.07, 6.45) is 0. The number of hydrogen-bond donors (Lipinski definition) is 3. The molecule has 0 aliphatic rings. The largest absolute Gasteiger partial charge is 0.504 e. The molecule has 0 aromatic heterocycles. The molecular weight excluding hydrogens is 316 g/mol. The zero-order valence-electron chi connectivity index (χ0n) is 13.1. The van der Waals surface area contributed by atoms with Crippen LogP contribution in [0.15, 0.2) is 30.3 Å². The molecule has 2 aromatic carbocycles. The first-order valence-electron chi connectivity index (χ1n) is 6.89. The number of aliphatic hydroxyl groups is 1. The van der Waals surface area contributed by atoms with E-state index in [-0.39, 0.29) is 39.7 Å². The molecule has 2 rings (SSSR count). The Labute approximate surface area is 137 Å². The summed E-state index contributed by atoms with van der Waals surface area (Å²) in [5.74, 6) is -2.10. The lowest BCUT2D eigenvalue weighted by atomic mass is 9.99. The number of ether oxygens (including phenoxy) is 2. The Kier molecular flexibility index (Phi) is 5.05. The molecule has 3 N–H and O–H groups in total. The van der Waals surface area contributed by atoms with Crippen LogP contribution in [0.5, 0.6) is 23.0 Å². The van der Waals surface area contributed by atoms with Gasteiger partial charge in [-0.2, -0.15) is 0 Å². The number of phenolic OH excluding ortho intramolecular Hbond substituents is 1. The second-order valence-corrected chi connectivity index (χ2v) is 4.89. The fourth-order valence-corrected chi connectivity index (χ4v) is 2.15. The second kappa shape index (κ2) is 7.01. The number of Topliss-reactive ketones (excluding diaryl/α,β-unsaturated/α-hetero) is 2. The van der Waals surface area contributed by atoms with Gasteiger partial charge in [0.05, 0.1) is 20.8 Å². The number of aliphatic hydroxyl groups excluding tert-OH is 1. The SMILES string of the molecule is COc1cc(C(=O)C(=O)c2cc(CO)c(O)c(OC)c2)ccc1O. The lowest BCUT2D eigenvalue weighted by Crippen LogP contribution is -2.15. The van der Waals surface area contributed by atoms with E-state index in [2.05, 4.69) is 0 Å². The van der Waals surface area contributed by atoms with Crippen LogP contribution in [0.4, 0.5) is 0 Å². The summed E-state index contributed by atoms with van der Waals surface area (Å²) >= 11 is 0. The van der Waals surface area contributed by atoms with Crippen LogP contribution in [0.2, 0.25) is 0 Å². The number of methoxy groups -OCH3 is 2. The van der Waals surface area contributed by atoms with Crippen molar-refractivity contribution >= 4 is 11.6 Å². The van der Waals surface area contributed by atoms with Crippen LogP contribution in [0.25, 0.3) is 0 Å². The summed E-state index contributed by atoms with van der Waals surface area (Å²) in [5.41, 5.74) is 0.0618. The number of rotatable bonds is 6. The van der Waals surface area contributed by atoms with E-state index >= 15 is 0 Å². The first-order chi connectivity index (χ1) is 11.4. The molecule has 0 aliphatic heterocycles. The van der Waals surface area contributed by atoms with Crippen LogP contribution in [-0.4, -0.2) is 41.1 Å².